The molecule has 0 unspecified atom stereocenters. The van der Waals surface area contributed by atoms with E-state index < -0.39 is 0 Å². The van der Waals surface area contributed by atoms with Crippen LogP contribution >= 0.6 is 0 Å². The highest BCUT2D eigenvalue weighted by molar-refractivity contribution is 5.29. The van der Waals surface area contributed by atoms with Gasteiger partial charge in [-0.25, -0.2) is 4.39 Å². The van der Waals surface area contributed by atoms with Crippen LogP contribution in [0.1, 0.15) is 11.1 Å². The summed E-state index contributed by atoms with van der Waals surface area (Å²) in [6.07, 6.45) is 4.05. The molecule has 2 aromatic rings. The van der Waals surface area contributed by atoms with Crippen molar-refractivity contribution in [1.82, 2.24) is 4.98 Å². The SMILES string of the molecule is NCCc1ccc(OCc2cccnc2)c(F)c1. The first-order chi connectivity index (χ1) is 8.79. The fourth-order valence-corrected chi connectivity index (χ4v) is 1.63. The van der Waals surface area contributed by atoms with Gasteiger partial charge in [0.1, 0.15) is 6.61 Å². The number of benzene rings is 1. The van der Waals surface area contributed by atoms with Crippen molar-refractivity contribution in [3.8, 4) is 5.75 Å². The van der Waals surface area contributed by atoms with Gasteiger partial charge >= 0.3 is 0 Å². The van der Waals surface area contributed by atoms with Crippen LogP contribution in [0.2, 0.25) is 0 Å². The van der Waals surface area contributed by atoms with Gasteiger partial charge in [-0.05, 0) is 36.7 Å². The van der Waals surface area contributed by atoms with Crippen molar-refractivity contribution in [1.29, 1.82) is 0 Å². The standard InChI is InChI=1S/C14H15FN2O/c15-13-8-11(5-6-16)3-4-14(13)18-10-12-2-1-7-17-9-12/h1-4,7-9H,5-6,10,16H2. The molecule has 0 spiro atoms. The maximum Gasteiger partial charge on any atom is 0.165 e. The van der Waals surface area contributed by atoms with Crippen molar-refractivity contribution in [3.63, 3.8) is 0 Å². The molecule has 2 N–H and O–H groups in total. The molecule has 0 aliphatic rings. The molecule has 2 rings (SSSR count). The molecule has 0 radical (unpaired) electrons. The third-order valence-electron chi connectivity index (χ3n) is 2.55. The smallest absolute Gasteiger partial charge is 0.165 e. The molecule has 1 aromatic carbocycles. The first-order valence-corrected chi connectivity index (χ1v) is 5.80. The van der Waals surface area contributed by atoms with Gasteiger partial charge in [0.25, 0.3) is 0 Å². The monoisotopic (exact) mass is 246 g/mol. The lowest BCUT2D eigenvalue weighted by Crippen LogP contribution is -2.03. The number of rotatable bonds is 5. The fourth-order valence-electron chi connectivity index (χ4n) is 1.63. The topological polar surface area (TPSA) is 48.1 Å². The Morgan fingerprint density at radius 3 is 2.78 bits per heavy atom. The first kappa shape index (κ1) is 12.5. The van der Waals surface area contributed by atoms with Crippen molar-refractivity contribution in [2.75, 3.05) is 6.54 Å². The van der Waals surface area contributed by atoms with E-state index in [4.69, 9.17) is 10.5 Å². The first-order valence-electron chi connectivity index (χ1n) is 5.80. The molecule has 18 heavy (non-hydrogen) atoms. The predicted octanol–water partition coefficient (Wildman–Crippen LogP) is 2.30. The van der Waals surface area contributed by atoms with Crippen molar-refractivity contribution >= 4 is 0 Å². The van der Waals surface area contributed by atoms with Crippen LogP contribution in [0.25, 0.3) is 0 Å². The van der Waals surface area contributed by atoms with Crippen LogP contribution in [0.4, 0.5) is 4.39 Å². The molecule has 1 aromatic heterocycles. The van der Waals surface area contributed by atoms with Crippen LogP contribution in [0.3, 0.4) is 0 Å². The third-order valence-corrected chi connectivity index (χ3v) is 2.55. The zero-order valence-corrected chi connectivity index (χ0v) is 9.97. The number of pyridine rings is 1. The van der Waals surface area contributed by atoms with E-state index in [1.807, 2.05) is 18.2 Å². The van der Waals surface area contributed by atoms with Gasteiger partial charge in [0, 0.05) is 18.0 Å². The highest BCUT2D eigenvalue weighted by Gasteiger charge is 2.05. The molecule has 0 saturated heterocycles. The van der Waals surface area contributed by atoms with Crippen LogP contribution in [-0.2, 0) is 13.0 Å². The van der Waals surface area contributed by atoms with E-state index in [1.54, 1.807) is 18.5 Å². The van der Waals surface area contributed by atoms with Crippen molar-refractivity contribution in [2.24, 2.45) is 5.73 Å². The van der Waals surface area contributed by atoms with E-state index in [0.717, 1.165) is 11.1 Å². The maximum absolute atomic E-state index is 13.7. The molecule has 0 bridgehead atoms. The van der Waals surface area contributed by atoms with Crippen LogP contribution in [-0.4, -0.2) is 11.5 Å². The zero-order valence-electron chi connectivity index (χ0n) is 9.97. The predicted molar refractivity (Wildman–Crippen MR) is 67.7 cm³/mol. The Morgan fingerprint density at radius 2 is 2.11 bits per heavy atom. The number of hydrogen-bond donors (Lipinski definition) is 1. The van der Waals surface area contributed by atoms with E-state index in [1.165, 1.54) is 6.07 Å². The molecule has 0 amide bonds. The number of ether oxygens (including phenoxy) is 1. The summed E-state index contributed by atoms with van der Waals surface area (Å²) >= 11 is 0. The van der Waals surface area contributed by atoms with Crippen molar-refractivity contribution in [3.05, 3.63) is 59.7 Å². The van der Waals surface area contributed by atoms with E-state index in [2.05, 4.69) is 4.98 Å². The molecular formula is C14H15FN2O. The second kappa shape index (κ2) is 6.12. The summed E-state index contributed by atoms with van der Waals surface area (Å²) in [4.78, 5) is 3.97. The summed E-state index contributed by atoms with van der Waals surface area (Å²) in [6, 6.07) is 8.63. The van der Waals surface area contributed by atoms with Gasteiger partial charge in [0.15, 0.2) is 11.6 Å². The summed E-state index contributed by atoms with van der Waals surface area (Å²) in [5.41, 5.74) is 7.21. The van der Waals surface area contributed by atoms with E-state index in [0.29, 0.717) is 19.6 Å². The normalized spacial score (nSPS) is 10.3. The second-order valence-corrected chi connectivity index (χ2v) is 3.95. The largest absolute Gasteiger partial charge is 0.486 e. The van der Waals surface area contributed by atoms with Crippen molar-refractivity contribution < 1.29 is 9.13 Å². The summed E-state index contributed by atoms with van der Waals surface area (Å²) in [6.45, 7) is 0.816. The van der Waals surface area contributed by atoms with Crippen LogP contribution in [0.5, 0.6) is 5.75 Å². The molecule has 0 fully saturated rings. The summed E-state index contributed by atoms with van der Waals surface area (Å²) in [5.74, 6) is -0.107. The number of halogens is 1. The van der Waals surface area contributed by atoms with Gasteiger partial charge in [-0.15, -0.1) is 0 Å². The minimum atomic E-state index is -0.357. The van der Waals surface area contributed by atoms with Crippen LogP contribution in [0.15, 0.2) is 42.7 Å². The number of nitrogens with two attached hydrogens (primary N) is 1. The highest BCUT2D eigenvalue weighted by atomic mass is 19.1. The fraction of sp³-hybridized carbons (Fsp3) is 0.214. The Hall–Kier alpha value is -1.94. The maximum atomic E-state index is 13.7. The molecular weight excluding hydrogens is 231 g/mol. The Balaban J connectivity index is 2.01. The molecule has 4 heteroatoms. The lowest BCUT2D eigenvalue weighted by molar-refractivity contribution is 0.289. The van der Waals surface area contributed by atoms with Gasteiger partial charge in [-0.3, -0.25) is 4.98 Å². The Bertz CT molecular complexity index is 502. The molecule has 94 valence electrons. The lowest BCUT2D eigenvalue weighted by Gasteiger charge is -2.08. The Labute approximate surface area is 105 Å². The summed E-state index contributed by atoms with van der Waals surface area (Å²) in [7, 11) is 0. The highest BCUT2D eigenvalue weighted by Crippen LogP contribution is 2.19. The number of hydrogen-bond acceptors (Lipinski definition) is 3. The average molecular weight is 246 g/mol. The minimum absolute atomic E-state index is 0.250. The van der Waals surface area contributed by atoms with E-state index in [-0.39, 0.29) is 11.6 Å². The van der Waals surface area contributed by atoms with Gasteiger partial charge in [-0.2, -0.15) is 0 Å². The van der Waals surface area contributed by atoms with Gasteiger partial charge < -0.3 is 10.5 Å². The average Bonchev–Trinajstić information content (AvgIpc) is 2.39. The zero-order chi connectivity index (χ0) is 12.8. The summed E-state index contributed by atoms with van der Waals surface area (Å²) in [5, 5.41) is 0. The van der Waals surface area contributed by atoms with Gasteiger partial charge in [0.2, 0.25) is 0 Å². The minimum Gasteiger partial charge on any atom is -0.486 e. The molecule has 3 nitrogen and oxygen atoms in total. The number of nitrogens with zero attached hydrogens (tertiary/aromatic N) is 1. The van der Waals surface area contributed by atoms with E-state index in [9.17, 15) is 4.39 Å². The lowest BCUT2D eigenvalue weighted by atomic mass is 10.1. The Kier molecular flexibility index (Phi) is 4.25. The van der Waals surface area contributed by atoms with Gasteiger partial charge in [-0.1, -0.05) is 12.1 Å². The number of aromatic nitrogens is 1. The molecule has 1 heterocycles. The Morgan fingerprint density at radius 1 is 1.22 bits per heavy atom. The van der Waals surface area contributed by atoms with E-state index >= 15 is 0 Å². The van der Waals surface area contributed by atoms with Gasteiger partial charge in [0.05, 0.1) is 0 Å². The second-order valence-electron chi connectivity index (χ2n) is 3.95. The summed E-state index contributed by atoms with van der Waals surface area (Å²) < 4.78 is 19.1. The van der Waals surface area contributed by atoms with Crippen LogP contribution < -0.4 is 10.5 Å². The van der Waals surface area contributed by atoms with Crippen molar-refractivity contribution in [2.45, 2.75) is 13.0 Å². The molecule has 0 aliphatic carbocycles. The molecule has 0 aliphatic heterocycles. The molecule has 0 atom stereocenters. The molecule has 0 saturated carbocycles. The quantitative estimate of drug-likeness (QED) is 0.880. The van der Waals surface area contributed by atoms with Crippen LogP contribution in [0, 0.1) is 5.82 Å². The third kappa shape index (κ3) is 3.28.